The Hall–Kier alpha value is -1.84. The van der Waals surface area contributed by atoms with Crippen LogP contribution in [-0.4, -0.2) is 11.9 Å². The molecule has 122 valence electrons. The second-order valence-corrected chi connectivity index (χ2v) is 6.50. The van der Waals surface area contributed by atoms with E-state index in [-0.39, 0.29) is 11.4 Å². The lowest BCUT2D eigenvalue weighted by molar-refractivity contribution is -0.308. The molecule has 0 spiro atoms. The summed E-state index contributed by atoms with van der Waals surface area (Å²) in [6.07, 6.45) is 1.55. The normalized spacial score (nSPS) is 12.8. The first-order valence-corrected chi connectivity index (χ1v) is 7.76. The van der Waals surface area contributed by atoms with Crippen LogP contribution in [0.15, 0.2) is 18.2 Å². The van der Waals surface area contributed by atoms with Crippen LogP contribution >= 0.6 is 0 Å². The zero-order chi connectivity index (χ0) is 16.9. The number of esters is 1. The third kappa shape index (κ3) is 4.58. The molecule has 0 saturated heterocycles. The van der Waals surface area contributed by atoms with E-state index in [1.165, 1.54) is 0 Å². The molecule has 1 aromatic carbocycles. The van der Waals surface area contributed by atoms with E-state index in [2.05, 4.69) is 0 Å². The van der Waals surface area contributed by atoms with Crippen LogP contribution in [0.1, 0.15) is 70.9 Å². The van der Waals surface area contributed by atoms with Crippen molar-refractivity contribution in [2.24, 2.45) is 0 Å². The van der Waals surface area contributed by atoms with Crippen LogP contribution < -0.4 is 9.84 Å². The van der Waals surface area contributed by atoms with Crippen molar-refractivity contribution in [3.8, 4) is 5.75 Å². The number of carbonyl (C=O) groups is 2. The highest BCUT2D eigenvalue weighted by molar-refractivity contribution is 5.75. The van der Waals surface area contributed by atoms with E-state index < -0.39 is 11.9 Å². The predicted molar refractivity (Wildman–Crippen MR) is 83.7 cm³/mol. The first-order valence-electron chi connectivity index (χ1n) is 7.76. The van der Waals surface area contributed by atoms with Crippen molar-refractivity contribution in [3.05, 3.63) is 29.3 Å². The Labute approximate surface area is 132 Å². The lowest BCUT2D eigenvalue weighted by Crippen LogP contribution is -2.31. The summed E-state index contributed by atoms with van der Waals surface area (Å²) in [5, 5.41) is 11.4. The van der Waals surface area contributed by atoms with Crippen molar-refractivity contribution in [3.63, 3.8) is 0 Å². The molecule has 1 atom stereocenters. The average Bonchev–Trinajstić information content (AvgIpc) is 2.39. The molecule has 4 heteroatoms. The molecule has 0 N–H and O–H groups in total. The summed E-state index contributed by atoms with van der Waals surface area (Å²) in [5.74, 6) is -1.55. The topological polar surface area (TPSA) is 66.4 Å². The highest BCUT2D eigenvalue weighted by Gasteiger charge is 2.24. The molecular formula is C18H25O4-. The highest BCUT2D eigenvalue weighted by Crippen LogP contribution is 2.34. The van der Waals surface area contributed by atoms with Crippen molar-refractivity contribution in [1.82, 2.24) is 0 Å². The Balaban J connectivity index is 3.25. The SMILES string of the molecule is CCCC(=O)Oc1ccc(C(CC)C(=O)[O-])c(C(C)(C)C)c1. The molecule has 0 bridgehead atoms. The summed E-state index contributed by atoms with van der Waals surface area (Å²) in [6, 6.07) is 5.16. The van der Waals surface area contributed by atoms with Crippen LogP contribution in [0.25, 0.3) is 0 Å². The van der Waals surface area contributed by atoms with Gasteiger partial charge in [0.15, 0.2) is 0 Å². The average molecular weight is 305 g/mol. The first kappa shape index (κ1) is 18.2. The molecule has 0 fully saturated rings. The molecule has 0 aliphatic carbocycles. The molecule has 0 aliphatic heterocycles. The Morgan fingerprint density at radius 1 is 1.23 bits per heavy atom. The van der Waals surface area contributed by atoms with E-state index in [9.17, 15) is 14.7 Å². The molecule has 0 aromatic heterocycles. The van der Waals surface area contributed by atoms with Crippen LogP contribution in [0, 0.1) is 0 Å². The monoisotopic (exact) mass is 305 g/mol. The van der Waals surface area contributed by atoms with Gasteiger partial charge in [0.1, 0.15) is 5.75 Å². The van der Waals surface area contributed by atoms with E-state index in [1.54, 1.807) is 18.2 Å². The van der Waals surface area contributed by atoms with Gasteiger partial charge in [0.25, 0.3) is 0 Å². The fourth-order valence-corrected chi connectivity index (χ4v) is 2.45. The van der Waals surface area contributed by atoms with Gasteiger partial charge in [-0.3, -0.25) is 4.79 Å². The number of carboxylic acids is 1. The molecule has 0 heterocycles. The minimum absolute atomic E-state index is 0.259. The molecule has 1 rings (SSSR count). The summed E-state index contributed by atoms with van der Waals surface area (Å²) in [5.41, 5.74) is 1.33. The number of benzene rings is 1. The molecule has 0 aliphatic rings. The largest absolute Gasteiger partial charge is 0.549 e. The Morgan fingerprint density at radius 3 is 2.32 bits per heavy atom. The Morgan fingerprint density at radius 2 is 1.86 bits per heavy atom. The van der Waals surface area contributed by atoms with E-state index in [0.717, 1.165) is 17.5 Å². The van der Waals surface area contributed by atoms with Gasteiger partial charge in [-0.2, -0.15) is 0 Å². The highest BCUT2D eigenvalue weighted by atomic mass is 16.5. The number of hydrogen-bond donors (Lipinski definition) is 0. The van der Waals surface area contributed by atoms with E-state index in [1.807, 2.05) is 34.6 Å². The van der Waals surface area contributed by atoms with Gasteiger partial charge in [-0.1, -0.05) is 40.7 Å². The van der Waals surface area contributed by atoms with Gasteiger partial charge in [0.2, 0.25) is 0 Å². The van der Waals surface area contributed by atoms with Crippen LogP contribution in [-0.2, 0) is 15.0 Å². The lowest BCUT2D eigenvalue weighted by Gasteiger charge is -2.28. The van der Waals surface area contributed by atoms with Crippen LogP contribution in [0.2, 0.25) is 0 Å². The van der Waals surface area contributed by atoms with Crippen molar-refractivity contribution in [2.75, 3.05) is 0 Å². The molecule has 0 saturated carbocycles. The quantitative estimate of drug-likeness (QED) is 0.598. The second-order valence-electron chi connectivity index (χ2n) is 6.50. The molecule has 0 amide bonds. The molecule has 0 radical (unpaired) electrons. The third-order valence-corrected chi connectivity index (χ3v) is 3.59. The van der Waals surface area contributed by atoms with Crippen LogP contribution in [0.3, 0.4) is 0 Å². The number of rotatable bonds is 6. The fourth-order valence-electron chi connectivity index (χ4n) is 2.45. The van der Waals surface area contributed by atoms with Gasteiger partial charge < -0.3 is 14.6 Å². The molecule has 1 aromatic rings. The summed E-state index contributed by atoms with van der Waals surface area (Å²) < 4.78 is 5.32. The second kappa shape index (κ2) is 7.43. The van der Waals surface area contributed by atoms with Gasteiger partial charge in [0.05, 0.1) is 0 Å². The van der Waals surface area contributed by atoms with Crippen molar-refractivity contribution in [2.45, 2.75) is 65.2 Å². The smallest absolute Gasteiger partial charge is 0.311 e. The van der Waals surface area contributed by atoms with E-state index >= 15 is 0 Å². The van der Waals surface area contributed by atoms with Gasteiger partial charge >= 0.3 is 5.97 Å². The molecule has 22 heavy (non-hydrogen) atoms. The first-order chi connectivity index (χ1) is 10.2. The Bertz CT molecular complexity index is 541. The van der Waals surface area contributed by atoms with Crippen LogP contribution in [0.4, 0.5) is 0 Å². The summed E-state index contributed by atoms with van der Waals surface area (Å²) in [7, 11) is 0. The number of aliphatic carboxylic acids is 1. The third-order valence-electron chi connectivity index (χ3n) is 3.59. The zero-order valence-electron chi connectivity index (χ0n) is 14.1. The van der Waals surface area contributed by atoms with Gasteiger partial charge in [-0.05, 0) is 41.5 Å². The minimum Gasteiger partial charge on any atom is -0.549 e. The molecule has 1 unspecified atom stereocenters. The number of hydrogen-bond acceptors (Lipinski definition) is 4. The predicted octanol–water partition coefficient (Wildman–Crippen LogP) is 2.93. The summed E-state index contributed by atoms with van der Waals surface area (Å²) >= 11 is 0. The standard InChI is InChI=1S/C18H26O4/c1-6-8-16(19)22-12-9-10-14(13(7-2)17(20)21)15(11-12)18(3,4)5/h9-11,13H,6-8H2,1-5H3,(H,20,21)/p-1. The fraction of sp³-hybridized carbons (Fsp3) is 0.556. The van der Waals surface area contributed by atoms with Crippen molar-refractivity contribution < 1.29 is 19.4 Å². The van der Waals surface area contributed by atoms with E-state index in [4.69, 9.17) is 4.74 Å². The maximum atomic E-state index is 11.6. The van der Waals surface area contributed by atoms with E-state index in [0.29, 0.717) is 18.6 Å². The Kier molecular flexibility index (Phi) is 6.15. The number of ether oxygens (including phenoxy) is 1. The maximum Gasteiger partial charge on any atom is 0.311 e. The minimum atomic E-state index is -1.08. The van der Waals surface area contributed by atoms with Crippen molar-refractivity contribution >= 4 is 11.9 Å². The molecule has 4 nitrogen and oxygen atoms in total. The molecular weight excluding hydrogens is 280 g/mol. The van der Waals surface area contributed by atoms with Gasteiger partial charge in [-0.15, -0.1) is 0 Å². The summed E-state index contributed by atoms with van der Waals surface area (Å²) in [4.78, 5) is 23.0. The van der Waals surface area contributed by atoms with Crippen LogP contribution in [0.5, 0.6) is 5.75 Å². The summed E-state index contributed by atoms with van der Waals surface area (Å²) in [6.45, 7) is 9.75. The van der Waals surface area contributed by atoms with Crippen molar-refractivity contribution in [1.29, 1.82) is 0 Å². The number of carboxylic acid groups (broad SMARTS) is 1. The number of carbonyl (C=O) groups excluding carboxylic acids is 2. The van der Waals surface area contributed by atoms with Gasteiger partial charge in [0, 0.05) is 18.3 Å². The zero-order valence-corrected chi connectivity index (χ0v) is 14.1. The maximum absolute atomic E-state index is 11.6. The lowest BCUT2D eigenvalue weighted by atomic mass is 9.79. The van der Waals surface area contributed by atoms with Gasteiger partial charge in [-0.25, -0.2) is 0 Å².